The lowest BCUT2D eigenvalue weighted by atomic mass is 10.00. The van der Waals surface area contributed by atoms with E-state index in [2.05, 4.69) is 21.3 Å². The summed E-state index contributed by atoms with van der Waals surface area (Å²) in [5, 5.41) is 7.88. The van der Waals surface area contributed by atoms with Crippen LogP contribution < -0.4 is 10.1 Å². The van der Waals surface area contributed by atoms with Gasteiger partial charge in [-0.3, -0.25) is 4.79 Å². The molecule has 0 saturated heterocycles. The van der Waals surface area contributed by atoms with Gasteiger partial charge < -0.3 is 10.1 Å². The smallest absolute Gasteiger partial charge is 0.242 e. The summed E-state index contributed by atoms with van der Waals surface area (Å²) in [7, 11) is 3.43. The van der Waals surface area contributed by atoms with Crippen LogP contribution in [0.1, 0.15) is 23.2 Å². The summed E-state index contributed by atoms with van der Waals surface area (Å²) in [4.78, 5) is 16.3. The Kier molecular flexibility index (Phi) is 4.66. The number of hydrogen-bond donors (Lipinski definition) is 1. The molecule has 2 heterocycles. The molecule has 0 atom stereocenters. The second-order valence-electron chi connectivity index (χ2n) is 5.11. The molecule has 2 aromatic heterocycles. The normalized spacial score (nSPS) is 10.5. The van der Waals surface area contributed by atoms with Gasteiger partial charge in [0.15, 0.2) is 5.65 Å². The van der Waals surface area contributed by atoms with Gasteiger partial charge in [-0.05, 0) is 31.4 Å². The number of terminal acetylenes is 1. The monoisotopic (exact) mass is 300 g/mol. The van der Waals surface area contributed by atoms with E-state index in [9.17, 15) is 4.79 Å². The molecule has 0 aromatic carbocycles. The van der Waals surface area contributed by atoms with Crippen LogP contribution >= 0.6 is 0 Å². The van der Waals surface area contributed by atoms with Crippen LogP contribution in [0, 0.1) is 26.2 Å². The van der Waals surface area contributed by atoms with E-state index < -0.39 is 0 Å². The zero-order valence-electron chi connectivity index (χ0n) is 13.4. The van der Waals surface area contributed by atoms with Crippen LogP contribution in [0.3, 0.4) is 0 Å². The van der Waals surface area contributed by atoms with E-state index >= 15 is 0 Å². The van der Waals surface area contributed by atoms with Crippen molar-refractivity contribution in [3.63, 3.8) is 0 Å². The van der Waals surface area contributed by atoms with E-state index in [-0.39, 0.29) is 12.5 Å². The number of fused-ring (bicyclic) bond motifs is 1. The minimum atomic E-state index is -0.0602. The van der Waals surface area contributed by atoms with Crippen molar-refractivity contribution in [1.29, 1.82) is 0 Å². The standard InChI is InChI=1S/C16H20N4O2/c1-6-9-17-13(21)8-7-12-10(2)14-15(18-11(12)3)20(4)19-16(14)22-5/h1H,7-9H2,2-5H3,(H,17,21). The fourth-order valence-electron chi connectivity index (χ4n) is 2.58. The fraction of sp³-hybridized carbons (Fsp3) is 0.438. The molecule has 1 N–H and O–H groups in total. The zero-order valence-corrected chi connectivity index (χ0v) is 13.4. The average molecular weight is 300 g/mol. The Hall–Kier alpha value is -2.55. The number of carbonyl (C=O) groups excluding carboxylic acids is 1. The first-order valence-electron chi connectivity index (χ1n) is 7.06. The van der Waals surface area contributed by atoms with Crippen LogP contribution in [0.25, 0.3) is 11.0 Å². The maximum Gasteiger partial charge on any atom is 0.242 e. The van der Waals surface area contributed by atoms with Crippen LogP contribution in [-0.4, -0.2) is 34.3 Å². The van der Waals surface area contributed by atoms with Gasteiger partial charge in [-0.15, -0.1) is 11.5 Å². The molecule has 1 amide bonds. The number of aryl methyl sites for hydroxylation is 3. The van der Waals surface area contributed by atoms with Gasteiger partial charge in [-0.2, -0.15) is 0 Å². The number of aromatic nitrogens is 3. The van der Waals surface area contributed by atoms with E-state index in [1.165, 1.54) is 0 Å². The molecule has 2 aromatic rings. The fourth-order valence-corrected chi connectivity index (χ4v) is 2.58. The second-order valence-corrected chi connectivity index (χ2v) is 5.11. The summed E-state index contributed by atoms with van der Waals surface area (Å²) < 4.78 is 7.04. The largest absolute Gasteiger partial charge is 0.479 e. The van der Waals surface area contributed by atoms with Crippen molar-refractivity contribution >= 4 is 16.9 Å². The van der Waals surface area contributed by atoms with Crippen molar-refractivity contribution < 1.29 is 9.53 Å². The van der Waals surface area contributed by atoms with Crippen LogP contribution in [-0.2, 0) is 18.3 Å². The lowest BCUT2D eigenvalue weighted by Gasteiger charge is -2.11. The van der Waals surface area contributed by atoms with Crippen molar-refractivity contribution in [2.24, 2.45) is 7.05 Å². The summed E-state index contributed by atoms with van der Waals surface area (Å²) in [5.41, 5.74) is 3.79. The molecule has 2 rings (SSSR count). The topological polar surface area (TPSA) is 69.0 Å². The van der Waals surface area contributed by atoms with E-state index in [0.717, 1.165) is 27.9 Å². The van der Waals surface area contributed by atoms with Gasteiger partial charge in [-0.25, -0.2) is 9.67 Å². The highest BCUT2D eigenvalue weighted by atomic mass is 16.5. The molecule has 0 aliphatic carbocycles. The highest BCUT2D eigenvalue weighted by Gasteiger charge is 2.18. The first-order valence-corrected chi connectivity index (χ1v) is 7.06. The molecule has 0 unspecified atom stereocenters. The van der Waals surface area contributed by atoms with Gasteiger partial charge in [0.1, 0.15) is 0 Å². The Morgan fingerprint density at radius 1 is 1.45 bits per heavy atom. The second kappa shape index (κ2) is 6.48. The molecule has 6 nitrogen and oxygen atoms in total. The predicted molar refractivity (Wildman–Crippen MR) is 84.7 cm³/mol. The predicted octanol–water partition coefficient (Wildman–Crippen LogP) is 1.28. The number of amides is 1. The van der Waals surface area contributed by atoms with E-state index in [4.69, 9.17) is 11.2 Å². The van der Waals surface area contributed by atoms with Crippen LogP contribution in [0.15, 0.2) is 0 Å². The van der Waals surface area contributed by atoms with Gasteiger partial charge in [0.2, 0.25) is 11.8 Å². The molecule has 0 radical (unpaired) electrons. The molecule has 0 fully saturated rings. The van der Waals surface area contributed by atoms with Crippen LogP contribution in [0.5, 0.6) is 5.88 Å². The van der Waals surface area contributed by atoms with Crippen molar-refractivity contribution in [2.75, 3.05) is 13.7 Å². The van der Waals surface area contributed by atoms with Crippen molar-refractivity contribution in [3.05, 3.63) is 16.8 Å². The number of hydrogen-bond acceptors (Lipinski definition) is 4. The Morgan fingerprint density at radius 2 is 2.18 bits per heavy atom. The molecule has 0 saturated carbocycles. The van der Waals surface area contributed by atoms with Crippen molar-refractivity contribution in [3.8, 4) is 18.2 Å². The molecule has 0 spiro atoms. The van der Waals surface area contributed by atoms with Crippen molar-refractivity contribution in [1.82, 2.24) is 20.1 Å². The zero-order chi connectivity index (χ0) is 16.3. The number of pyridine rings is 1. The first-order chi connectivity index (χ1) is 10.5. The van der Waals surface area contributed by atoms with E-state index in [0.29, 0.717) is 18.7 Å². The van der Waals surface area contributed by atoms with Crippen LogP contribution in [0.2, 0.25) is 0 Å². The third-order valence-corrected chi connectivity index (χ3v) is 3.71. The SMILES string of the molecule is C#CCNC(=O)CCc1c(C)nc2c(c(OC)nn2C)c1C. The van der Waals surface area contributed by atoms with Gasteiger partial charge in [0.05, 0.1) is 19.0 Å². The molecule has 116 valence electrons. The molecular weight excluding hydrogens is 280 g/mol. The first kappa shape index (κ1) is 15.8. The maximum absolute atomic E-state index is 11.7. The molecule has 22 heavy (non-hydrogen) atoms. The minimum Gasteiger partial charge on any atom is -0.479 e. The third kappa shape index (κ3) is 2.89. The summed E-state index contributed by atoms with van der Waals surface area (Å²) in [6, 6.07) is 0. The highest BCUT2D eigenvalue weighted by Crippen LogP contribution is 2.30. The lowest BCUT2D eigenvalue weighted by Crippen LogP contribution is -2.23. The lowest BCUT2D eigenvalue weighted by molar-refractivity contribution is -0.120. The van der Waals surface area contributed by atoms with Gasteiger partial charge in [0, 0.05) is 19.2 Å². The van der Waals surface area contributed by atoms with Gasteiger partial charge in [-0.1, -0.05) is 5.92 Å². The highest BCUT2D eigenvalue weighted by molar-refractivity contribution is 5.86. The molecule has 6 heteroatoms. The molecule has 0 aliphatic heterocycles. The van der Waals surface area contributed by atoms with Crippen LogP contribution in [0.4, 0.5) is 0 Å². The molecule has 0 aliphatic rings. The Labute approximate surface area is 129 Å². The third-order valence-electron chi connectivity index (χ3n) is 3.71. The average Bonchev–Trinajstić information content (AvgIpc) is 2.81. The van der Waals surface area contributed by atoms with Gasteiger partial charge >= 0.3 is 0 Å². The van der Waals surface area contributed by atoms with Gasteiger partial charge in [0.25, 0.3) is 0 Å². The summed E-state index contributed by atoms with van der Waals surface area (Å²) in [6.45, 7) is 4.21. The molecular formula is C16H20N4O2. The van der Waals surface area contributed by atoms with E-state index in [1.807, 2.05) is 20.9 Å². The number of rotatable bonds is 5. The van der Waals surface area contributed by atoms with Crippen molar-refractivity contribution in [2.45, 2.75) is 26.7 Å². The summed E-state index contributed by atoms with van der Waals surface area (Å²) in [5.74, 6) is 2.89. The minimum absolute atomic E-state index is 0.0602. The quantitative estimate of drug-likeness (QED) is 0.845. The number of methoxy groups -OCH3 is 1. The molecule has 0 bridgehead atoms. The van der Waals surface area contributed by atoms with E-state index in [1.54, 1.807) is 11.8 Å². The maximum atomic E-state index is 11.7. The Morgan fingerprint density at radius 3 is 2.82 bits per heavy atom. The summed E-state index contributed by atoms with van der Waals surface area (Å²) in [6.07, 6.45) is 6.11. The number of carbonyl (C=O) groups is 1. The Bertz CT molecular complexity index is 756. The number of ether oxygens (including phenoxy) is 1. The number of nitrogens with zero attached hydrogens (tertiary/aromatic N) is 3. The summed E-state index contributed by atoms with van der Waals surface area (Å²) >= 11 is 0. The Balaban J connectivity index is 2.34. The number of nitrogens with one attached hydrogen (secondary N) is 1.